The Hall–Kier alpha value is -2.87. The molecule has 210 valence electrons. The number of fused-ring (bicyclic) bond motifs is 1. The highest BCUT2D eigenvalue weighted by molar-refractivity contribution is 6.03. The summed E-state index contributed by atoms with van der Waals surface area (Å²) < 4.78 is 11.8. The molecular weight excluding hydrogens is 494 g/mol. The SMILES string of the molecule is COc1ccc(NC(=O)[C@H]2[C@H]3C=C[C@]4(O3)[C@H](C(=O)NC3CCCCC3)N([C@@H]3CCC[C@H](C)[C@@H]3C)C(=O)[C@@H]24)cc1. The van der Waals surface area contributed by atoms with Crippen molar-refractivity contribution >= 4 is 23.4 Å². The van der Waals surface area contributed by atoms with Gasteiger partial charge in [0.1, 0.15) is 17.4 Å². The summed E-state index contributed by atoms with van der Waals surface area (Å²) in [7, 11) is 1.60. The van der Waals surface area contributed by atoms with E-state index in [4.69, 9.17) is 9.47 Å². The minimum Gasteiger partial charge on any atom is -0.497 e. The molecule has 0 aromatic heterocycles. The Labute approximate surface area is 230 Å². The van der Waals surface area contributed by atoms with Gasteiger partial charge in [0.15, 0.2) is 0 Å². The van der Waals surface area contributed by atoms with Gasteiger partial charge in [-0.05, 0) is 55.4 Å². The molecule has 1 aromatic rings. The lowest BCUT2D eigenvalue weighted by molar-refractivity contribution is -0.146. The minimum atomic E-state index is -1.12. The van der Waals surface area contributed by atoms with Gasteiger partial charge in [0.05, 0.1) is 25.0 Å². The summed E-state index contributed by atoms with van der Waals surface area (Å²) in [6.07, 6.45) is 11.6. The van der Waals surface area contributed by atoms with E-state index in [2.05, 4.69) is 24.5 Å². The van der Waals surface area contributed by atoms with Crippen LogP contribution in [-0.2, 0) is 19.1 Å². The Morgan fingerprint density at radius 3 is 2.46 bits per heavy atom. The van der Waals surface area contributed by atoms with Crippen molar-refractivity contribution in [2.45, 2.75) is 95.0 Å². The van der Waals surface area contributed by atoms with Crippen LogP contribution < -0.4 is 15.4 Å². The van der Waals surface area contributed by atoms with Crippen LogP contribution in [-0.4, -0.2) is 59.6 Å². The molecule has 2 aliphatic carbocycles. The number of nitrogens with zero attached hydrogens (tertiary/aromatic N) is 1. The number of likely N-dealkylation sites (tertiary alicyclic amines) is 1. The molecule has 2 N–H and O–H groups in total. The molecule has 1 aromatic carbocycles. The lowest BCUT2D eigenvalue weighted by Gasteiger charge is -2.44. The van der Waals surface area contributed by atoms with Gasteiger partial charge >= 0.3 is 0 Å². The third kappa shape index (κ3) is 4.35. The second-order valence-electron chi connectivity index (χ2n) is 12.3. The van der Waals surface area contributed by atoms with Crippen LogP contribution >= 0.6 is 0 Å². The van der Waals surface area contributed by atoms with Gasteiger partial charge in [0.2, 0.25) is 17.7 Å². The van der Waals surface area contributed by atoms with Gasteiger partial charge in [-0.1, -0.05) is 58.1 Å². The van der Waals surface area contributed by atoms with Crippen LogP contribution in [0.25, 0.3) is 0 Å². The maximum Gasteiger partial charge on any atom is 0.246 e. The molecule has 3 heterocycles. The molecule has 8 nitrogen and oxygen atoms in total. The van der Waals surface area contributed by atoms with Crippen molar-refractivity contribution in [3.05, 3.63) is 36.4 Å². The number of ether oxygens (including phenoxy) is 2. The molecule has 0 unspecified atom stereocenters. The summed E-state index contributed by atoms with van der Waals surface area (Å²) in [5.74, 6) is -0.519. The lowest BCUT2D eigenvalue weighted by Crippen LogP contribution is -2.60. The molecule has 1 spiro atoms. The standard InChI is InChI=1S/C31H41N3O5/c1-18-8-7-11-23(19(18)2)34-27(29(36)33-20-9-5-4-6-10-20)31-17-16-24(39-31)25(26(31)30(34)37)28(35)32-21-12-14-22(38-3)15-13-21/h12-20,23-27H,4-11H2,1-3H3,(H,32,35)(H,33,36)/t18-,19-,23+,24+,25-,26+,27-,31+/m0/s1. The average Bonchev–Trinajstić information content (AvgIpc) is 3.58. The molecule has 2 saturated carbocycles. The molecule has 4 fully saturated rings. The molecule has 3 amide bonds. The molecule has 39 heavy (non-hydrogen) atoms. The highest BCUT2D eigenvalue weighted by Crippen LogP contribution is 2.56. The largest absolute Gasteiger partial charge is 0.497 e. The monoisotopic (exact) mass is 535 g/mol. The number of benzene rings is 1. The number of nitrogens with one attached hydrogen (secondary N) is 2. The quantitative estimate of drug-likeness (QED) is 0.536. The maximum atomic E-state index is 14.4. The molecule has 6 rings (SSSR count). The van der Waals surface area contributed by atoms with Gasteiger partial charge in [-0.25, -0.2) is 0 Å². The first-order valence-electron chi connectivity index (χ1n) is 14.8. The Balaban J connectivity index is 1.32. The van der Waals surface area contributed by atoms with Crippen molar-refractivity contribution in [3.8, 4) is 5.75 Å². The van der Waals surface area contributed by atoms with E-state index in [0.29, 0.717) is 17.4 Å². The third-order valence-corrected chi connectivity index (χ3v) is 10.2. The molecule has 5 aliphatic rings. The lowest BCUT2D eigenvalue weighted by atomic mass is 9.74. The van der Waals surface area contributed by atoms with Gasteiger partial charge in [-0.3, -0.25) is 14.4 Å². The number of hydrogen-bond acceptors (Lipinski definition) is 5. The highest BCUT2D eigenvalue weighted by atomic mass is 16.5. The summed E-state index contributed by atoms with van der Waals surface area (Å²) in [6.45, 7) is 4.44. The molecule has 8 heteroatoms. The van der Waals surface area contributed by atoms with Gasteiger partial charge in [-0.2, -0.15) is 0 Å². The number of amides is 3. The molecule has 2 bridgehead atoms. The number of methoxy groups -OCH3 is 1. The normalized spacial score (nSPS) is 37.6. The van der Waals surface area contributed by atoms with Gasteiger partial charge in [0.25, 0.3) is 0 Å². The zero-order valence-corrected chi connectivity index (χ0v) is 23.2. The Bertz CT molecular complexity index is 1150. The summed E-state index contributed by atoms with van der Waals surface area (Å²) in [6, 6.07) is 6.44. The van der Waals surface area contributed by atoms with Crippen molar-refractivity contribution in [3.63, 3.8) is 0 Å². The van der Waals surface area contributed by atoms with Crippen molar-refractivity contribution in [2.75, 3.05) is 12.4 Å². The first-order chi connectivity index (χ1) is 18.8. The van der Waals surface area contributed by atoms with Crippen LogP contribution in [0.3, 0.4) is 0 Å². The molecule has 2 saturated heterocycles. The van der Waals surface area contributed by atoms with Crippen molar-refractivity contribution in [1.82, 2.24) is 10.2 Å². The minimum absolute atomic E-state index is 0.0512. The topological polar surface area (TPSA) is 97.0 Å². The number of hydrogen-bond donors (Lipinski definition) is 2. The average molecular weight is 536 g/mol. The molecule has 3 aliphatic heterocycles. The Morgan fingerprint density at radius 2 is 1.74 bits per heavy atom. The molecule has 8 atom stereocenters. The number of carbonyl (C=O) groups excluding carboxylic acids is 3. The first kappa shape index (κ1) is 26.4. The zero-order chi connectivity index (χ0) is 27.3. The van der Waals surface area contributed by atoms with Gasteiger partial charge < -0.3 is 25.0 Å². The Kier molecular flexibility index (Phi) is 6.94. The molecular formula is C31H41N3O5. The van der Waals surface area contributed by atoms with Crippen LogP contribution in [0.5, 0.6) is 5.75 Å². The number of rotatable bonds is 6. The van der Waals surface area contributed by atoms with Crippen molar-refractivity contribution in [2.24, 2.45) is 23.7 Å². The van der Waals surface area contributed by atoms with E-state index in [1.165, 1.54) is 6.42 Å². The predicted octanol–water partition coefficient (Wildman–Crippen LogP) is 4.06. The highest BCUT2D eigenvalue weighted by Gasteiger charge is 2.73. The summed E-state index contributed by atoms with van der Waals surface area (Å²) >= 11 is 0. The van der Waals surface area contributed by atoms with Crippen LogP contribution in [0.1, 0.15) is 65.2 Å². The summed E-state index contributed by atoms with van der Waals surface area (Å²) in [5, 5.41) is 6.29. The van der Waals surface area contributed by atoms with E-state index in [0.717, 1.165) is 44.9 Å². The van der Waals surface area contributed by atoms with E-state index in [-0.39, 0.29) is 35.7 Å². The van der Waals surface area contributed by atoms with E-state index in [1.54, 1.807) is 31.4 Å². The van der Waals surface area contributed by atoms with E-state index in [9.17, 15) is 14.4 Å². The van der Waals surface area contributed by atoms with Crippen LogP contribution in [0.2, 0.25) is 0 Å². The first-order valence-corrected chi connectivity index (χ1v) is 14.8. The number of carbonyl (C=O) groups is 3. The van der Waals surface area contributed by atoms with Crippen molar-refractivity contribution in [1.29, 1.82) is 0 Å². The predicted molar refractivity (Wildman–Crippen MR) is 147 cm³/mol. The van der Waals surface area contributed by atoms with Gasteiger partial charge in [0, 0.05) is 17.8 Å². The van der Waals surface area contributed by atoms with E-state index < -0.39 is 29.6 Å². The zero-order valence-electron chi connectivity index (χ0n) is 23.2. The maximum absolute atomic E-state index is 14.4. The second kappa shape index (κ2) is 10.3. The van der Waals surface area contributed by atoms with Gasteiger partial charge in [-0.15, -0.1) is 0 Å². The summed E-state index contributed by atoms with van der Waals surface area (Å²) in [4.78, 5) is 44.1. The van der Waals surface area contributed by atoms with Crippen LogP contribution in [0.4, 0.5) is 5.69 Å². The van der Waals surface area contributed by atoms with E-state index in [1.807, 2.05) is 17.1 Å². The second-order valence-corrected chi connectivity index (χ2v) is 12.3. The smallest absolute Gasteiger partial charge is 0.246 e. The van der Waals surface area contributed by atoms with E-state index >= 15 is 0 Å². The Morgan fingerprint density at radius 1 is 1.00 bits per heavy atom. The van der Waals surface area contributed by atoms with Crippen LogP contribution in [0, 0.1) is 23.7 Å². The van der Waals surface area contributed by atoms with Crippen LogP contribution in [0.15, 0.2) is 36.4 Å². The number of anilines is 1. The fraction of sp³-hybridized carbons (Fsp3) is 0.645. The third-order valence-electron chi connectivity index (χ3n) is 10.2. The molecule has 0 radical (unpaired) electrons. The van der Waals surface area contributed by atoms with Crippen molar-refractivity contribution < 1.29 is 23.9 Å². The summed E-state index contributed by atoms with van der Waals surface area (Å²) in [5.41, 5.74) is -0.492. The fourth-order valence-corrected chi connectivity index (χ4v) is 7.94. The fourth-order valence-electron chi connectivity index (χ4n) is 7.94.